The standard InChI is InChI=1S/C24H30ClN3O3S/c1-6-26-24(32)28(14-16-11-21(29-3)23(31-5)22(12-16)30-4)10-9-18-15(2)27-20-8-7-17(25)13-19(18)20/h7-8,11-13,27H,6,9-10,14H2,1-5H3,(H,26,32). The van der Waals surface area contributed by atoms with Crippen molar-refractivity contribution in [3.05, 3.63) is 52.2 Å². The predicted molar refractivity (Wildman–Crippen MR) is 135 cm³/mol. The van der Waals surface area contributed by atoms with E-state index in [0.29, 0.717) is 28.9 Å². The lowest BCUT2D eigenvalue weighted by atomic mass is 10.1. The molecule has 8 heteroatoms. The van der Waals surface area contributed by atoms with Crippen molar-refractivity contribution < 1.29 is 14.2 Å². The fourth-order valence-electron chi connectivity index (χ4n) is 3.89. The normalized spacial score (nSPS) is 10.8. The maximum absolute atomic E-state index is 6.25. The van der Waals surface area contributed by atoms with Crippen LogP contribution in [0.1, 0.15) is 23.7 Å². The van der Waals surface area contributed by atoms with Crippen LogP contribution in [-0.4, -0.2) is 49.4 Å². The molecule has 0 bridgehead atoms. The van der Waals surface area contributed by atoms with Crippen LogP contribution in [0, 0.1) is 6.92 Å². The largest absolute Gasteiger partial charge is 0.493 e. The Bertz CT molecular complexity index is 1070. The molecule has 0 spiro atoms. The first-order valence-electron chi connectivity index (χ1n) is 10.5. The molecule has 0 unspecified atom stereocenters. The first kappa shape index (κ1) is 24.0. The number of H-pyrrole nitrogens is 1. The average molecular weight is 476 g/mol. The summed E-state index contributed by atoms with van der Waals surface area (Å²) in [5, 5.41) is 5.86. The zero-order valence-corrected chi connectivity index (χ0v) is 20.7. The van der Waals surface area contributed by atoms with Gasteiger partial charge in [-0.2, -0.15) is 0 Å². The third kappa shape index (κ3) is 5.22. The van der Waals surface area contributed by atoms with Crippen molar-refractivity contribution in [2.75, 3.05) is 34.4 Å². The highest BCUT2D eigenvalue weighted by molar-refractivity contribution is 7.80. The van der Waals surface area contributed by atoms with Crippen LogP contribution in [-0.2, 0) is 13.0 Å². The Kier molecular flexibility index (Phi) is 8.10. The first-order valence-corrected chi connectivity index (χ1v) is 11.3. The van der Waals surface area contributed by atoms with Crippen molar-refractivity contribution in [1.82, 2.24) is 15.2 Å². The molecule has 32 heavy (non-hydrogen) atoms. The summed E-state index contributed by atoms with van der Waals surface area (Å²) in [6.07, 6.45) is 0.822. The minimum atomic E-state index is 0.575. The number of ether oxygens (including phenoxy) is 3. The number of rotatable bonds is 9. The quantitative estimate of drug-likeness (QED) is 0.420. The van der Waals surface area contributed by atoms with Crippen LogP contribution in [0.2, 0.25) is 5.02 Å². The number of fused-ring (bicyclic) bond motifs is 1. The lowest BCUT2D eigenvalue weighted by Gasteiger charge is -2.26. The van der Waals surface area contributed by atoms with Crippen LogP contribution in [0.5, 0.6) is 17.2 Å². The first-order chi connectivity index (χ1) is 15.4. The summed E-state index contributed by atoms with van der Waals surface area (Å²) < 4.78 is 16.5. The zero-order valence-electron chi connectivity index (χ0n) is 19.2. The number of methoxy groups -OCH3 is 3. The van der Waals surface area contributed by atoms with Gasteiger partial charge in [-0.25, -0.2) is 0 Å². The summed E-state index contributed by atoms with van der Waals surface area (Å²) in [4.78, 5) is 5.61. The van der Waals surface area contributed by atoms with E-state index in [1.54, 1.807) is 21.3 Å². The minimum absolute atomic E-state index is 0.575. The molecule has 0 fully saturated rings. The molecule has 172 valence electrons. The highest BCUT2D eigenvalue weighted by Crippen LogP contribution is 2.38. The zero-order chi connectivity index (χ0) is 23.3. The second-order valence-corrected chi connectivity index (χ2v) is 8.28. The molecule has 3 rings (SSSR count). The van der Waals surface area contributed by atoms with Crippen LogP contribution < -0.4 is 19.5 Å². The van der Waals surface area contributed by atoms with Gasteiger partial charge in [0.1, 0.15) is 0 Å². The van der Waals surface area contributed by atoms with Gasteiger partial charge in [-0.15, -0.1) is 0 Å². The molecule has 0 saturated heterocycles. The van der Waals surface area contributed by atoms with Gasteiger partial charge in [-0.3, -0.25) is 0 Å². The Balaban J connectivity index is 1.88. The van der Waals surface area contributed by atoms with Gasteiger partial charge in [-0.05, 0) is 73.9 Å². The number of thiocarbonyl (C=S) groups is 1. The van der Waals surface area contributed by atoms with Crippen molar-refractivity contribution in [2.24, 2.45) is 0 Å². The molecule has 0 amide bonds. The number of nitrogens with one attached hydrogen (secondary N) is 2. The van der Waals surface area contributed by atoms with E-state index in [1.807, 2.05) is 37.3 Å². The van der Waals surface area contributed by atoms with E-state index in [-0.39, 0.29) is 0 Å². The molecule has 0 aliphatic rings. The van der Waals surface area contributed by atoms with Crippen molar-refractivity contribution in [1.29, 1.82) is 0 Å². The third-order valence-electron chi connectivity index (χ3n) is 5.43. The molecule has 0 aliphatic heterocycles. The number of halogens is 1. The average Bonchev–Trinajstić information content (AvgIpc) is 3.09. The lowest BCUT2D eigenvalue weighted by molar-refractivity contribution is 0.322. The molecule has 1 aromatic heterocycles. The van der Waals surface area contributed by atoms with E-state index >= 15 is 0 Å². The van der Waals surface area contributed by atoms with E-state index in [1.165, 1.54) is 5.56 Å². The van der Waals surface area contributed by atoms with Gasteiger partial charge < -0.3 is 29.4 Å². The molecule has 0 aliphatic carbocycles. The summed E-state index contributed by atoms with van der Waals surface area (Å²) in [5.74, 6) is 1.82. The lowest BCUT2D eigenvalue weighted by Crippen LogP contribution is -2.40. The van der Waals surface area contributed by atoms with E-state index in [4.69, 9.17) is 38.0 Å². The topological polar surface area (TPSA) is 58.8 Å². The van der Waals surface area contributed by atoms with Gasteiger partial charge in [0, 0.05) is 41.3 Å². The number of benzene rings is 2. The Labute approximate surface area is 199 Å². The maximum atomic E-state index is 6.25. The summed E-state index contributed by atoms with van der Waals surface area (Å²) in [6.45, 7) is 6.23. The second-order valence-electron chi connectivity index (χ2n) is 7.46. The number of hydrogen-bond acceptors (Lipinski definition) is 4. The molecule has 0 radical (unpaired) electrons. The molecule has 0 atom stereocenters. The third-order valence-corrected chi connectivity index (χ3v) is 6.06. The number of hydrogen-bond donors (Lipinski definition) is 2. The van der Waals surface area contributed by atoms with Crippen LogP contribution in [0.15, 0.2) is 30.3 Å². The molecule has 3 aromatic rings. The monoisotopic (exact) mass is 475 g/mol. The van der Waals surface area contributed by atoms with Gasteiger partial charge in [0.2, 0.25) is 5.75 Å². The Morgan fingerprint density at radius 2 is 1.78 bits per heavy atom. The number of nitrogens with zero attached hydrogens (tertiary/aromatic N) is 1. The SMILES string of the molecule is CCNC(=S)N(CCc1c(C)[nH]c2ccc(Cl)cc12)Cc1cc(OC)c(OC)c(OC)c1. The molecule has 2 N–H and O–H groups in total. The summed E-state index contributed by atoms with van der Waals surface area (Å²) >= 11 is 11.9. The van der Waals surface area contributed by atoms with Gasteiger partial charge in [0.05, 0.1) is 21.3 Å². The molecule has 6 nitrogen and oxygen atoms in total. The van der Waals surface area contributed by atoms with Crippen LogP contribution in [0.25, 0.3) is 10.9 Å². The number of aromatic nitrogens is 1. The summed E-state index contributed by atoms with van der Waals surface area (Å²) in [5.41, 5.74) is 4.49. The van der Waals surface area contributed by atoms with Gasteiger partial charge >= 0.3 is 0 Å². The fourth-order valence-corrected chi connectivity index (χ4v) is 4.36. The summed E-state index contributed by atoms with van der Waals surface area (Å²) in [7, 11) is 4.84. The van der Waals surface area contributed by atoms with Crippen molar-refractivity contribution in [3.63, 3.8) is 0 Å². The van der Waals surface area contributed by atoms with E-state index in [0.717, 1.165) is 46.7 Å². The highest BCUT2D eigenvalue weighted by Gasteiger charge is 2.18. The number of aryl methyl sites for hydroxylation is 1. The van der Waals surface area contributed by atoms with E-state index in [9.17, 15) is 0 Å². The van der Waals surface area contributed by atoms with Crippen LogP contribution >= 0.6 is 23.8 Å². The Morgan fingerprint density at radius 1 is 1.09 bits per heavy atom. The van der Waals surface area contributed by atoms with Crippen LogP contribution in [0.3, 0.4) is 0 Å². The fraction of sp³-hybridized carbons (Fsp3) is 0.375. The van der Waals surface area contributed by atoms with Gasteiger partial charge in [-0.1, -0.05) is 11.6 Å². The molecular weight excluding hydrogens is 446 g/mol. The molecular formula is C24H30ClN3O3S. The molecule has 1 heterocycles. The van der Waals surface area contributed by atoms with Crippen molar-refractivity contribution in [3.8, 4) is 17.2 Å². The second kappa shape index (κ2) is 10.8. The van der Waals surface area contributed by atoms with E-state index in [2.05, 4.69) is 22.1 Å². The van der Waals surface area contributed by atoms with Crippen molar-refractivity contribution >= 4 is 39.8 Å². The minimum Gasteiger partial charge on any atom is -0.493 e. The highest BCUT2D eigenvalue weighted by atomic mass is 35.5. The van der Waals surface area contributed by atoms with Gasteiger partial charge in [0.15, 0.2) is 16.6 Å². The number of aromatic amines is 1. The van der Waals surface area contributed by atoms with Gasteiger partial charge in [0.25, 0.3) is 0 Å². The molecule has 0 saturated carbocycles. The smallest absolute Gasteiger partial charge is 0.203 e. The predicted octanol–water partition coefficient (Wildman–Crippen LogP) is 5.09. The summed E-state index contributed by atoms with van der Waals surface area (Å²) in [6, 6.07) is 9.85. The Morgan fingerprint density at radius 3 is 2.38 bits per heavy atom. The van der Waals surface area contributed by atoms with Crippen molar-refractivity contribution in [2.45, 2.75) is 26.8 Å². The molecule has 2 aromatic carbocycles. The Hall–Kier alpha value is -2.64. The maximum Gasteiger partial charge on any atom is 0.203 e. The van der Waals surface area contributed by atoms with Crippen LogP contribution in [0.4, 0.5) is 0 Å². The van der Waals surface area contributed by atoms with E-state index < -0.39 is 0 Å².